The smallest absolute Gasteiger partial charge is 0.330 e. The van der Waals surface area contributed by atoms with Crippen LogP contribution >= 0.6 is 0 Å². The van der Waals surface area contributed by atoms with Gasteiger partial charge in [-0.3, -0.25) is 0 Å². The van der Waals surface area contributed by atoms with Crippen LogP contribution in [-0.2, 0) is 28.5 Å². The Labute approximate surface area is 200 Å². The van der Waals surface area contributed by atoms with Crippen LogP contribution in [0.5, 0.6) is 0 Å². The molecule has 7 atom stereocenters. The predicted molar refractivity (Wildman–Crippen MR) is 124 cm³/mol. The molecule has 4 heterocycles. The first kappa shape index (κ1) is 25.3. The van der Waals surface area contributed by atoms with E-state index in [4.69, 9.17) is 23.7 Å². The van der Waals surface area contributed by atoms with Gasteiger partial charge in [0.15, 0.2) is 6.29 Å². The van der Waals surface area contributed by atoms with Crippen molar-refractivity contribution in [1.82, 2.24) is 0 Å². The predicted octanol–water partition coefficient (Wildman–Crippen LogP) is 2.50. The van der Waals surface area contributed by atoms with Gasteiger partial charge in [-0.05, 0) is 44.6 Å². The molecule has 0 aromatic carbocycles. The Balaban J connectivity index is 1.42. The lowest BCUT2D eigenvalue weighted by Gasteiger charge is -2.25. The highest BCUT2D eigenvalue weighted by Crippen LogP contribution is 2.34. The first-order chi connectivity index (χ1) is 16.5. The Morgan fingerprint density at radius 2 is 1.97 bits per heavy atom. The second-order valence-electron chi connectivity index (χ2n) is 9.35. The van der Waals surface area contributed by atoms with E-state index in [0.717, 1.165) is 31.3 Å². The highest BCUT2D eigenvalue weighted by molar-refractivity contribution is 5.82. The number of carbonyl (C=O) groups is 1. The van der Waals surface area contributed by atoms with Crippen molar-refractivity contribution in [3.63, 3.8) is 0 Å². The summed E-state index contributed by atoms with van der Waals surface area (Å²) in [5.74, 6) is -0.547. The van der Waals surface area contributed by atoms with Crippen molar-refractivity contribution in [3.8, 4) is 0 Å². The number of hydrogen-bond donors (Lipinski definition) is 2. The van der Waals surface area contributed by atoms with Gasteiger partial charge >= 0.3 is 5.97 Å². The summed E-state index contributed by atoms with van der Waals surface area (Å²) in [6, 6.07) is 0. The van der Waals surface area contributed by atoms with Crippen LogP contribution in [-0.4, -0.2) is 78.4 Å². The van der Waals surface area contributed by atoms with Gasteiger partial charge in [-0.25, -0.2) is 4.79 Å². The zero-order chi connectivity index (χ0) is 23.9. The molecule has 4 aliphatic rings. The molecule has 0 aromatic heterocycles. The molecule has 4 aliphatic heterocycles. The maximum absolute atomic E-state index is 12.5. The second kappa shape index (κ2) is 12.2. The van der Waals surface area contributed by atoms with Crippen LogP contribution in [0.1, 0.15) is 44.9 Å². The van der Waals surface area contributed by atoms with E-state index in [9.17, 15) is 15.0 Å². The summed E-state index contributed by atoms with van der Waals surface area (Å²) >= 11 is 0. The molecule has 8 heteroatoms. The van der Waals surface area contributed by atoms with Crippen molar-refractivity contribution in [3.05, 3.63) is 48.6 Å². The Hall–Kier alpha value is -1.81. The van der Waals surface area contributed by atoms with Crippen LogP contribution in [0.3, 0.4) is 0 Å². The average molecular weight is 477 g/mol. The summed E-state index contributed by atoms with van der Waals surface area (Å²) in [5, 5.41) is 21.3. The summed E-state index contributed by atoms with van der Waals surface area (Å²) < 4.78 is 28.1. The SMILES string of the molecule is C=C1CCC[C@@H]2CC=C[C@@H](C/C=C\C(=O)O[C@H]([C@@H](O)/C=C/C3OCCO3)C[C@@H]3O[C@H]3[C@@H](O)C1)O2. The van der Waals surface area contributed by atoms with Gasteiger partial charge in [0.1, 0.15) is 18.3 Å². The van der Waals surface area contributed by atoms with E-state index in [-0.39, 0.29) is 30.8 Å². The highest BCUT2D eigenvalue weighted by atomic mass is 16.7. The zero-order valence-corrected chi connectivity index (χ0v) is 19.5. The van der Waals surface area contributed by atoms with Gasteiger partial charge < -0.3 is 33.9 Å². The number of hydrogen-bond acceptors (Lipinski definition) is 8. The number of rotatable bonds is 3. The van der Waals surface area contributed by atoms with E-state index in [1.807, 2.05) is 6.08 Å². The van der Waals surface area contributed by atoms with E-state index in [2.05, 4.69) is 12.7 Å². The molecule has 0 spiro atoms. The number of cyclic esters (lactones) is 1. The van der Waals surface area contributed by atoms with E-state index in [0.29, 0.717) is 26.1 Å². The van der Waals surface area contributed by atoms with Crippen molar-refractivity contribution >= 4 is 5.97 Å². The van der Waals surface area contributed by atoms with Gasteiger partial charge in [0, 0.05) is 12.5 Å². The molecule has 4 rings (SSSR count). The van der Waals surface area contributed by atoms with E-state index in [1.165, 1.54) is 12.2 Å². The fraction of sp³-hybridized carbons (Fsp3) is 0.654. The number of aliphatic hydroxyl groups is 2. The van der Waals surface area contributed by atoms with Crippen molar-refractivity contribution in [2.45, 2.75) is 94.0 Å². The minimum atomic E-state index is -1.07. The maximum Gasteiger partial charge on any atom is 0.330 e. The summed E-state index contributed by atoms with van der Waals surface area (Å²) in [4.78, 5) is 12.5. The minimum Gasteiger partial charge on any atom is -0.456 e. The van der Waals surface area contributed by atoms with Crippen molar-refractivity contribution in [2.75, 3.05) is 13.2 Å². The lowest BCUT2D eigenvalue weighted by atomic mass is 9.97. The molecule has 2 bridgehead atoms. The van der Waals surface area contributed by atoms with Crippen LogP contribution in [0.25, 0.3) is 0 Å². The van der Waals surface area contributed by atoms with Crippen molar-refractivity contribution < 1.29 is 38.7 Å². The van der Waals surface area contributed by atoms with Crippen LogP contribution in [0, 0.1) is 0 Å². The van der Waals surface area contributed by atoms with Gasteiger partial charge in [0.25, 0.3) is 0 Å². The average Bonchev–Trinajstić information content (AvgIpc) is 3.38. The number of ether oxygens (including phenoxy) is 5. The highest BCUT2D eigenvalue weighted by Gasteiger charge is 2.46. The lowest BCUT2D eigenvalue weighted by Crippen LogP contribution is -2.32. The minimum absolute atomic E-state index is 0.0805. The first-order valence-corrected chi connectivity index (χ1v) is 12.3. The molecule has 2 N–H and O–H groups in total. The Morgan fingerprint density at radius 1 is 1.15 bits per heavy atom. The van der Waals surface area contributed by atoms with Gasteiger partial charge in [-0.1, -0.05) is 36.5 Å². The van der Waals surface area contributed by atoms with Crippen LogP contribution < -0.4 is 0 Å². The molecule has 0 saturated carbocycles. The Kier molecular flexibility index (Phi) is 9.10. The summed E-state index contributed by atoms with van der Waals surface area (Å²) in [7, 11) is 0. The zero-order valence-electron chi connectivity index (χ0n) is 19.5. The van der Waals surface area contributed by atoms with Gasteiger partial charge in [-0.15, -0.1) is 0 Å². The van der Waals surface area contributed by atoms with E-state index in [1.54, 1.807) is 12.2 Å². The molecule has 0 aromatic rings. The molecule has 0 aliphatic carbocycles. The van der Waals surface area contributed by atoms with Crippen molar-refractivity contribution in [2.24, 2.45) is 0 Å². The molecule has 2 fully saturated rings. The number of aliphatic hydroxyl groups excluding tert-OH is 2. The molecule has 188 valence electrons. The third-order valence-electron chi connectivity index (χ3n) is 6.52. The Morgan fingerprint density at radius 3 is 2.79 bits per heavy atom. The third-order valence-corrected chi connectivity index (χ3v) is 6.52. The van der Waals surface area contributed by atoms with Crippen LogP contribution in [0.15, 0.2) is 48.6 Å². The quantitative estimate of drug-likeness (QED) is 0.364. The first-order valence-electron chi connectivity index (χ1n) is 12.3. The van der Waals surface area contributed by atoms with Gasteiger partial charge in [0.05, 0.1) is 37.6 Å². The summed E-state index contributed by atoms with van der Waals surface area (Å²) in [5.41, 5.74) is 0.983. The van der Waals surface area contributed by atoms with Gasteiger partial charge in [-0.2, -0.15) is 0 Å². The van der Waals surface area contributed by atoms with Crippen molar-refractivity contribution in [1.29, 1.82) is 0 Å². The fourth-order valence-corrected chi connectivity index (χ4v) is 4.62. The standard InChI is InChI=1S/C26H36O8/c1-17-5-2-6-18-7-3-8-19(32-18)9-4-10-24(29)33-22(16-23-26(34-23)21(28)15-17)20(27)11-12-25-30-13-14-31-25/h3-4,8,10-12,18-23,25-28H,1-2,5-7,9,13-16H2/b10-4-,12-11+/t18-,19+,20+,21+,22+,23+,26+/m1/s1. The molecule has 34 heavy (non-hydrogen) atoms. The lowest BCUT2D eigenvalue weighted by molar-refractivity contribution is -0.148. The summed E-state index contributed by atoms with van der Waals surface area (Å²) in [6.07, 6.45) is 11.5. The normalized spacial score (nSPS) is 38.1. The number of fused-ring (bicyclic) bond motifs is 3. The van der Waals surface area contributed by atoms with Crippen LogP contribution in [0.4, 0.5) is 0 Å². The molecule has 8 nitrogen and oxygen atoms in total. The third kappa shape index (κ3) is 7.60. The number of carbonyl (C=O) groups excluding carboxylic acids is 1. The Bertz CT molecular complexity index is 784. The largest absolute Gasteiger partial charge is 0.456 e. The molecule has 0 radical (unpaired) electrons. The monoisotopic (exact) mass is 476 g/mol. The molecular formula is C26H36O8. The maximum atomic E-state index is 12.5. The second-order valence-corrected chi connectivity index (χ2v) is 9.35. The van der Waals surface area contributed by atoms with Gasteiger partial charge in [0.2, 0.25) is 0 Å². The fourth-order valence-electron chi connectivity index (χ4n) is 4.62. The number of epoxide rings is 1. The molecule has 2 saturated heterocycles. The molecule has 0 unspecified atom stereocenters. The molecular weight excluding hydrogens is 440 g/mol. The van der Waals surface area contributed by atoms with E-state index < -0.39 is 30.6 Å². The summed E-state index contributed by atoms with van der Waals surface area (Å²) in [6.45, 7) is 5.11. The van der Waals surface area contributed by atoms with Crippen LogP contribution in [0.2, 0.25) is 0 Å². The number of esters is 1. The topological polar surface area (TPSA) is 107 Å². The van der Waals surface area contributed by atoms with E-state index >= 15 is 0 Å². The molecule has 0 amide bonds.